The van der Waals surface area contributed by atoms with Crippen LogP contribution in [0.3, 0.4) is 0 Å². The van der Waals surface area contributed by atoms with Gasteiger partial charge >= 0.3 is 0 Å². The highest BCUT2D eigenvalue weighted by molar-refractivity contribution is 5.87. The van der Waals surface area contributed by atoms with Gasteiger partial charge in [-0.2, -0.15) is 5.26 Å². The van der Waals surface area contributed by atoms with Gasteiger partial charge in [0.25, 0.3) is 0 Å². The quantitative estimate of drug-likeness (QED) is 0.426. The smallest absolute Gasteiger partial charge is 0.238 e. The fourth-order valence-electron chi connectivity index (χ4n) is 6.98. The van der Waals surface area contributed by atoms with Crippen LogP contribution in [-0.2, 0) is 9.59 Å². The van der Waals surface area contributed by atoms with Crippen LogP contribution < -0.4 is 15.4 Å². The second-order valence-electron chi connectivity index (χ2n) is 12.5. The normalized spacial score (nSPS) is 26.1. The number of carbonyl (C=O) groups is 2. The molecule has 2 amide bonds. The van der Waals surface area contributed by atoms with Gasteiger partial charge in [0.2, 0.25) is 11.8 Å². The van der Waals surface area contributed by atoms with E-state index in [-0.39, 0.29) is 35.1 Å². The highest BCUT2D eigenvalue weighted by Gasteiger charge is 2.49. The van der Waals surface area contributed by atoms with Gasteiger partial charge in [-0.05, 0) is 76.0 Å². The summed E-state index contributed by atoms with van der Waals surface area (Å²) >= 11 is 0. The minimum absolute atomic E-state index is 0.0259. The maximum atomic E-state index is 13.7. The summed E-state index contributed by atoms with van der Waals surface area (Å²) < 4.78 is 5.49. The summed E-state index contributed by atoms with van der Waals surface area (Å²) in [4.78, 5) is 31.6. The molecule has 3 aliphatic rings. The summed E-state index contributed by atoms with van der Waals surface area (Å²) in [7, 11) is 1.62. The van der Waals surface area contributed by atoms with Gasteiger partial charge in [-0.1, -0.05) is 25.3 Å². The van der Waals surface area contributed by atoms with Gasteiger partial charge < -0.3 is 25.5 Å². The summed E-state index contributed by atoms with van der Waals surface area (Å²) in [6, 6.07) is 8.47. The number of hydrogen-bond acceptors (Lipinski definition) is 6. The first-order chi connectivity index (χ1) is 18.6. The van der Waals surface area contributed by atoms with Gasteiger partial charge in [-0.15, -0.1) is 0 Å². The molecule has 4 atom stereocenters. The highest BCUT2D eigenvalue weighted by atomic mass is 16.5. The minimum Gasteiger partial charge on any atom is -0.496 e. The lowest BCUT2D eigenvalue weighted by atomic mass is 9.72. The summed E-state index contributed by atoms with van der Waals surface area (Å²) in [6.45, 7) is 4.61. The van der Waals surface area contributed by atoms with E-state index in [9.17, 15) is 20.0 Å². The Kier molecular flexibility index (Phi) is 7.62. The molecule has 1 saturated carbocycles. The molecule has 2 aromatic rings. The molecule has 2 aliphatic heterocycles. The van der Waals surface area contributed by atoms with Crippen LogP contribution in [0, 0.1) is 22.7 Å². The molecular weight excluding hydrogens is 494 g/mol. The zero-order valence-corrected chi connectivity index (χ0v) is 23.3. The fraction of sp³-hybridized carbons (Fsp3) is 0.633. The third-order valence-electron chi connectivity index (χ3n) is 9.16. The van der Waals surface area contributed by atoms with E-state index in [1.807, 2.05) is 43.0 Å². The summed E-state index contributed by atoms with van der Waals surface area (Å²) in [6.07, 6.45) is 6.93. The Morgan fingerprint density at radius 2 is 2.05 bits per heavy atom. The molecule has 3 heterocycles. The molecule has 1 spiro atoms. The molecule has 4 unspecified atom stereocenters. The van der Waals surface area contributed by atoms with Crippen LogP contribution in [0.25, 0.3) is 10.9 Å². The molecule has 210 valence electrons. The third kappa shape index (κ3) is 5.64. The monoisotopic (exact) mass is 535 g/mol. The van der Waals surface area contributed by atoms with Gasteiger partial charge in [0.15, 0.2) is 0 Å². The zero-order valence-electron chi connectivity index (χ0n) is 23.3. The number of nitrogens with one attached hydrogen (secondary N) is 3. The van der Waals surface area contributed by atoms with Crippen molar-refractivity contribution >= 4 is 22.7 Å². The number of aliphatic hydroxyl groups is 1. The lowest BCUT2D eigenvalue weighted by Gasteiger charge is -2.36. The minimum atomic E-state index is -1.01. The molecule has 1 aromatic heterocycles. The fourth-order valence-corrected chi connectivity index (χ4v) is 6.98. The van der Waals surface area contributed by atoms with Crippen LogP contribution in [0.15, 0.2) is 24.3 Å². The number of carbonyl (C=O) groups excluding carboxylic acids is 2. The van der Waals surface area contributed by atoms with Crippen molar-refractivity contribution in [3.05, 3.63) is 30.0 Å². The van der Waals surface area contributed by atoms with Crippen molar-refractivity contribution < 1.29 is 19.4 Å². The van der Waals surface area contributed by atoms with Gasteiger partial charge in [0.1, 0.15) is 18.0 Å². The van der Waals surface area contributed by atoms with E-state index >= 15 is 0 Å². The molecule has 4 N–H and O–H groups in total. The SMILES string of the molecule is COc1cccc2[nH]c(C(O)N3CC4(CCCCC4)CC3C(=O)NC(C#N)CC3CCC(C)(C)NC3=O)cc12. The van der Waals surface area contributed by atoms with E-state index in [1.54, 1.807) is 7.11 Å². The predicted molar refractivity (Wildman–Crippen MR) is 148 cm³/mol. The van der Waals surface area contributed by atoms with Crippen LogP contribution in [-0.4, -0.2) is 58.1 Å². The first-order valence-corrected chi connectivity index (χ1v) is 14.3. The summed E-state index contributed by atoms with van der Waals surface area (Å²) in [5, 5.41) is 28.3. The van der Waals surface area contributed by atoms with Gasteiger partial charge in [0.05, 0.1) is 24.9 Å². The largest absolute Gasteiger partial charge is 0.496 e. The molecule has 2 saturated heterocycles. The molecule has 0 bridgehead atoms. The van der Waals surface area contributed by atoms with Gasteiger partial charge in [0, 0.05) is 28.9 Å². The highest BCUT2D eigenvalue weighted by Crippen LogP contribution is 2.48. The van der Waals surface area contributed by atoms with Gasteiger partial charge in [-0.25, -0.2) is 0 Å². The van der Waals surface area contributed by atoms with Crippen molar-refractivity contribution in [2.45, 2.75) is 95.5 Å². The third-order valence-corrected chi connectivity index (χ3v) is 9.16. The van der Waals surface area contributed by atoms with E-state index in [1.165, 1.54) is 6.42 Å². The molecule has 9 heteroatoms. The number of H-pyrrole nitrogens is 1. The number of hydrogen-bond donors (Lipinski definition) is 4. The maximum absolute atomic E-state index is 13.7. The van der Waals surface area contributed by atoms with Crippen molar-refractivity contribution in [3.63, 3.8) is 0 Å². The van der Waals surface area contributed by atoms with Crippen LogP contribution in [0.2, 0.25) is 0 Å². The van der Waals surface area contributed by atoms with Crippen LogP contribution >= 0.6 is 0 Å². The van der Waals surface area contributed by atoms with Crippen LogP contribution in [0.1, 0.15) is 83.6 Å². The number of ether oxygens (including phenoxy) is 1. The topological polar surface area (TPSA) is 130 Å². The van der Waals surface area contributed by atoms with Crippen molar-refractivity contribution in [2.75, 3.05) is 13.7 Å². The summed E-state index contributed by atoms with van der Waals surface area (Å²) in [5.41, 5.74) is 1.19. The number of nitriles is 1. The zero-order chi connectivity index (χ0) is 27.8. The lowest BCUT2D eigenvalue weighted by Crippen LogP contribution is -2.53. The standard InChI is InChI=1S/C30H41N5O4/c1-29(2)13-10-19(26(36)34-29)14-20(17-31)32-27(37)24-16-30(11-5-4-6-12-30)18-35(24)28(38)23-15-21-22(33-23)8-7-9-25(21)39-3/h7-9,15,19-20,24,28,33,38H,4-6,10-14,16,18H2,1-3H3,(H,32,37)(H,34,36). The molecule has 1 aliphatic carbocycles. The van der Waals surface area contributed by atoms with Crippen molar-refractivity contribution in [2.24, 2.45) is 11.3 Å². The number of aromatic amines is 1. The van der Waals surface area contributed by atoms with Gasteiger partial charge in [-0.3, -0.25) is 14.5 Å². The van der Waals surface area contributed by atoms with Crippen LogP contribution in [0.4, 0.5) is 0 Å². The Hall–Kier alpha value is -3.09. The number of aliphatic hydroxyl groups excluding tert-OH is 1. The lowest BCUT2D eigenvalue weighted by molar-refractivity contribution is -0.132. The molecule has 3 fully saturated rings. The van der Waals surface area contributed by atoms with E-state index < -0.39 is 18.3 Å². The number of methoxy groups -OCH3 is 1. The molecule has 9 nitrogen and oxygen atoms in total. The average molecular weight is 536 g/mol. The number of nitrogens with zero attached hydrogens (tertiary/aromatic N) is 2. The number of aromatic nitrogens is 1. The van der Waals surface area contributed by atoms with E-state index in [2.05, 4.69) is 21.7 Å². The Labute approximate surface area is 230 Å². The van der Waals surface area contributed by atoms with E-state index in [0.29, 0.717) is 30.8 Å². The second-order valence-corrected chi connectivity index (χ2v) is 12.5. The molecule has 1 aromatic carbocycles. The number of likely N-dealkylation sites (tertiary alicyclic amines) is 1. The number of piperidine rings is 1. The second kappa shape index (κ2) is 10.8. The molecular formula is C30H41N5O4. The Morgan fingerprint density at radius 1 is 1.28 bits per heavy atom. The average Bonchev–Trinajstić information content (AvgIpc) is 3.51. The Morgan fingerprint density at radius 3 is 2.74 bits per heavy atom. The van der Waals surface area contributed by atoms with E-state index in [0.717, 1.165) is 43.0 Å². The summed E-state index contributed by atoms with van der Waals surface area (Å²) in [5.74, 6) is 0.0928. The maximum Gasteiger partial charge on any atom is 0.238 e. The Bertz CT molecular complexity index is 1260. The number of benzene rings is 1. The van der Waals surface area contributed by atoms with Crippen molar-refractivity contribution in [1.82, 2.24) is 20.5 Å². The number of amides is 2. The first kappa shape index (κ1) is 27.5. The predicted octanol–water partition coefficient (Wildman–Crippen LogP) is 3.90. The number of rotatable bonds is 7. The first-order valence-electron chi connectivity index (χ1n) is 14.3. The van der Waals surface area contributed by atoms with Crippen molar-refractivity contribution in [3.8, 4) is 11.8 Å². The molecule has 5 rings (SSSR count). The number of fused-ring (bicyclic) bond motifs is 1. The molecule has 39 heavy (non-hydrogen) atoms. The molecule has 0 radical (unpaired) electrons. The van der Waals surface area contributed by atoms with E-state index in [4.69, 9.17) is 4.74 Å². The Balaban J connectivity index is 1.35. The van der Waals surface area contributed by atoms with Crippen LogP contribution in [0.5, 0.6) is 5.75 Å². The van der Waals surface area contributed by atoms with Crippen molar-refractivity contribution in [1.29, 1.82) is 5.26 Å².